The highest BCUT2D eigenvalue weighted by atomic mass is 32.2. The van der Waals surface area contributed by atoms with E-state index in [1.54, 1.807) is 0 Å². The lowest BCUT2D eigenvalue weighted by Gasteiger charge is -2.32. The van der Waals surface area contributed by atoms with E-state index >= 15 is 0 Å². The van der Waals surface area contributed by atoms with E-state index in [-0.39, 0.29) is 0 Å². The van der Waals surface area contributed by atoms with Crippen LogP contribution in [-0.4, -0.2) is 53.6 Å². The Bertz CT molecular complexity index is 186. The molecular formula is C7H14N4S. The van der Waals surface area contributed by atoms with E-state index in [4.69, 9.17) is 5.84 Å². The molecule has 0 bridgehead atoms. The summed E-state index contributed by atoms with van der Waals surface area (Å²) in [7, 11) is 0. The first kappa shape index (κ1) is 8.34. The molecule has 0 atom stereocenters. The Balaban J connectivity index is 1.88. The molecule has 2 heterocycles. The Morgan fingerprint density at radius 1 is 1.25 bits per heavy atom. The molecule has 0 spiro atoms. The number of hydrogen-bond donors (Lipinski definition) is 1. The van der Waals surface area contributed by atoms with Crippen molar-refractivity contribution in [3.8, 4) is 0 Å². The highest BCUT2D eigenvalue weighted by molar-refractivity contribution is 8.14. The number of aliphatic imine (C=N–C) groups is 1. The van der Waals surface area contributed by atoms with E-state index in [9.17, 15) is 0 Å². The molecule has 0 amide bonds. The van der Waals surface area contributed by atoms with Gasteiger partial charge in [-0.1, -0.05) is 11.8 Å². The Kier molecular flexibility index (Phi) is 2.53. The standard InChI is InChI=1S/C7H14N4S/c8-11-4-2-10(3-5-11)7-9-1-6-12-7/h1-6,8H2. The normalized spacial score (nSPS) is 26.1. The summed E-state index contributed by atoms with van der Waals surface area (Å²) in [5.74, 6) is 6.81. The van der Waals surface area contributed by atoms with Crippen molar-refractivity contribution in [1.82, 2.24) is 9.91 Å². The zero-order valence-corrected chi connectivity index (χ0v) is 7.89. The van der Waals surface area contributed by atoms with Crippen LogP contribution in [0.3, 0.4) is 0 Å². The Hall–Kier alpha value is -0.260. The number of hydrogen-bond acceptors (Lipinski definition) is 5. The van der Waals surface area contributed by atoms with E-state index in [1.165, 1.54) is 5.17 Å². The molecule has 2 N–H and O–H groups in total. The molecule has 0 unspecified atom stereocenters. The third kappa shape index (κ3) is 1.73. The molecular weight excluding hydrogens is 172 g/mol. The number of hydrazine groups is 1. The van der Waals surface area contributed by atoms with Crippen LogP contribution in [0.25, 0.3) is 0 Å². The number of nitrogens with zero attached hydrogens (tertiary/aromatic N) is 3. The molecule has 1 saturated heterocycles. The van der Waals surface area contributed by atoms with Crippen LogP contribution >= 0.6 is 11.8 Å². The van der Waals surface area contributed by atoms with Crippen molar-refractivity contribution in [1.29, 1.82) is 0 Å². The highest BCUT2D eigenvalue weighted by Crippen LogP contribution is 2.16. The molecule has 1 fully saturated rings. The van der Waals surface area contributed by atoms with Crippen molar-refractivity contribution in [3.05, 3.63) is 0 Å². The minimum atomic E-state index is 0.958. The third-order valence-electron chi connectivity index (χ3n) is 2.15. The van der Waals surface area contributed by atoms with E-state index in [1.807, 2.05) is 16.8 Å². The summed E-state index contributed by atoms with van der Waals surface area (Å²) in [6.07, 6.45) is 0. The maximum Gasteiger partial charge on any atom is 0.159 e. The van der Waals surface area contributed by atoms with E-state index in [2.05, 4.69) is 9.89 Å². The lowest BCUT2D eigenvalue weighted by atomic mass is 10.4. The summed E-state index contributed by atoms with van der Waals surface area (Å²) in [6, 6.07) is 0. The topological polar surface area (TPSA) is 44.9 Å². The molecule has 0 aliphatic carbocycles. The van der Waals surface area contributed by atoms with Crippen LogP contribution in [0.2, 0.25) is 0 Å². The molecule has 0 aromatic heterocycles. The molecule has 68 valence electrons. The molecule has 0 radical (unpaired) electrons. The summed E-state index contributed by atoms with van der Waals surface area (Å²) in [5, 5.41) is 3.10. The molecule has 5 heteroatoms. The number of amidine groups is 1. The molecule has 2 aliphatic rings. The smallest absolute Gasteiger partial charge is 0.159 e. The molecule has 2 rings (SSSR count). The fourth-order valence-corrected chi connectivity index (χ4v) is 2.34. The van der Waals surface area contributed by atoms with Gasteiger partial charge in [-0.15, -0.1) is 0 Å². The van der Waals surface area contributed by atoms with E-state index in [0.29, 0.717) is 0 Å². The van der Waals surface area contributed by atoms with Crippen LogP contribution < -0.4 is 5.84 Å². The van der Waals surface area contributed by atoms with Gasteiger partial charge in [0.25, 0.3) is 0 Å². The van der Waals surface area contributed by atoms with Crippen molar-refractivity contribution in [2.45, 2.75) is 0 Å². The van der Waals surface area contributed by atoms with Gasteiger partial charge in [-0.2, -0.15) is 0 Å². The monoisotopic (exact) mass is 186 g/mol. The van der Waals surface area contributed by atoms with Crippen LogP contribution in [0.4, 0.5) is 0 Å². The van der Waals surface area contributed by atoms with Crippen molar-refractivity contribution >= 4 is 16.9 Å². The van der Waals surface area contributed by atoms with Crippen LogP contribution in [0.15, 0.2) is 4.99 Å². The van der Waals surface area contributed by atoms with Gasteiger partial charge in [-0.25, -0.2) is 5.01 Å². The summed E-state index contributed by atoms with van der Waals surface area (Å²) in [4.78, 5) is 6.76. The molecule has 0 aromatic carbocycles. The van der Waals surface area contributed by atoms with Gasteiger partial charge < -0.3 is 4.90 Å². The quantitative estimate of drug-likeness (QED) is 0.522. The average Bonchev–Trinajstić information content (AvgIpc) is 2.58. The van der Waals surface area contributed by atoms with Crippen LogP contribution in [-0.2, 0) is 0 Å². The van der Waals surface area contributed by atoms with E-state index < -0.39 is 0 Å². The second-order valence-electron chi connectivity index (χ2n) is 3.04. The summed E-state index contributed by atoms with van der Waals surface area (Å²) < 4.78 is 0. The molecule has 0 aromatic rings. The summed E-state index contributed by atoms with van der Waals surface area (Å²) in [5.41, 5.74) is 0. The Morgan fingerprint density at radius 2 is 2.00 bits per heavy atom. The molecule has 12 heavy (non-hydrogen) atoms. The number of thioether (sulfide) groups is 1. The van der Waals surface area contributed by atoms with Gasteiger partial charge in [0.1, 0.15) is 0 Å². The Morgan fingerprint density at radius 3 is 2.58 bits per heavy atom. The lowest BCUT2D eigenvalue weighted by molar-refractivity contribution is 0.187. The van der Waals surface area contributed by atoms with Crippen molar-refractivity contribution in [2.24, 2.45) is 10.8 Å². The maximum atomic E-state index is 5.66. The molecule has 2 aliphatic heterocycles. The van der Waals surface area contributed by atoms with Gasteiger partial charge in [0.2, 0.25) is 0 Å². The number of piperazine rings is 1. The van der Waals surface area contributed by atoms with Gasteiger partial charge in [0, 0.05) is 31.9 Å². The average molecular weight is 186 g/mol. The highest BCUT2D eigenvalue weighted by Gasteiger charge is 2.19. The van der Waals surface area contributed by atoms with Gasteiger partial charge in [0.15, 0.2) is 5.17 Å². The molecule has 0 saturated carbocycles. The Labute approximate surface area is 76.8 Å². The predicted octanol–water partition coefficient (Wildman–Crippen LogP) is -0.419. The number of rotatable bonds is 0. The van der Waals surface area contributed by atoms with Crippen molar-refractivity contribution in [2.75, 3.05) is 38.5 Å². The molecule has 4 nitrogen and oxygen atoms in total. The first-order chi connectivity index (χ1) is 5.86. The summed E-state index contributed by atoms with van der Waals surface area (Å²) >= 11 is 1.87. The largest absolute Gasteiger partial charge is 0.349 e. The second-order valence-corrected chi connectivity index (χ2v) is 4.10. The van der Waals surface area contributed by atoms with Crippen LogP contribution in [0.5, 0.6) is 0 Å². The lowest BCUT2D eigenvalue weighted by Crippen LogP contribution is -2.50. The third-order valence-corrected chi connectivity index (χ3v) is 3.19. The fraction of sp³-hybridized carbons (Fsp3) is 0.857. The maximum absolute atomic E-state index is 5.66. The van der Waals surface area contributed by atoms with Gasteiger partial charge in [-0.05, 0) is 0 Å². The minimum absolute atomic E-state index is 0.958. The predicted molar refractivity (Wildman–Crippen MR) is 52.1 cm³/mol. The van der Waals surface area contributed by atoms with Gasteiger partial charge >= 0.3 is 0 Å². The zero-order valence-electron chi connectivity index (χ0n) is 7.07. The van der Waals surface area contributed by atoms with Gasteiger partial charge in [0.05, 0.1) is 6.54 Å². The SMILES string of the molecule is NN1CCN(C2=NCCS2)CC1. The van der Waals surface area contributed by atoms with Crippen LogP contribution in [0.1, 0.15) is 0 Å². The van der Waals surface area contributed by atoms with Gasteiger partial charge in [-0.3, -0.25) is 10.8 Å². The first-order valence-corrected chi connectivity index (χ1v) is 5.26. The van der Waals surface area contributed by atoms with Crippen molar-refractivity contribution < 1.29 is 0 Å². The minimum Gasteiger partial charge on any atom is -0.349 e. The van der Waals surface area contributed by atoms with Crippen molar-refractivity contribution in [3.63, 3.8) is 0 Å². The zero-order chi connectivity index (χ0) is 8.39. The second kappa shape index (κ2) is 3.64. The van der Waals surface area contributed by atoms with E-state index in [0.717, 1.165) is 38.5 Å². The fourth-order valence-electron chi connectivity index (χ4n) is 1.43. The first-order valence-electron chi connectivity index (χ1n) is 4.28. The van der Waals surface area contributed by atoms with Crippen LogP contribution in [0, 0.1) is 0 Å². The number of nitrogens with two attached hydrogens (primary N) is 1. The summed E-state index contributed by atoms with van der Waals surface area (Å²) in [6.45, 7) is 4.96.